The summed E-state index contributed by atoms with van der Waals surface area (Å²) < 4.78 is 0. The Bertz CT molecular complexity index is 253. The van der Waals surface area contributed by atoms with Gasteiger partial charge in [-0.15, -0.1) is 0 Å². The Balaban J connectivity index is 2.21. The number of hydrogen-bond acceptors (Lipinski definition) is 0. The number of rotatable bonds is 6. The zero-order valence-corrected chi connectivity index (χ0v) is 10.3. The van der Waals surface area contributed by atoms with Gasteiger partial charge in [-0.3, -0.25) is 0 Å². The van der Waals surface area contributed by atoms with Crippen molar-refractivity contribution in [2.75, 3.05) is 0 Å². The van der Waals surface area contributed by atoms with Crippen molar-refractivity contribution < 1.29 is 0 Å². The van der Waals surface area contributed by atoms with Gasteiger partial charge in [-0.1, -0.05) is 68.1 Å². The number of hydrogen-bond donors (Lipinski definition) is 0. The van der Waals surface area contributed by atoms with Crippen molar-refractivity contribution in [3.8, 4) is 0 Å². The summed E-state index contributed by atoms with van der Waals surface area (Å²) in [5.41, 5.74) is 3.00. The highest BCUT2D eigenvalue weighted by molar-refractivity contribution is 5.30. The number of unbranched alkanes of at least 4 members (excludes halogenated alkanes) is 4. The average molecular weight is 204 g/mol. The highest BCUT2D eigenvalue weighted by Gasteiger charge is 1.98. The predicted octanol–water partition coefficient (Wildman–Crippen LogP) is 5.18. The van der Waals surface area contributed by atoms with Gasteiger partial charge in [0.1, 0.15) is 0 Å². The molecule has 0 N–H and O–H groups in total. The minimum Gasteiger partial charge on any atom is -0.0805 e. The van der Waals surface area contributed by atoms with E-state index in [1.165, 1.54) is 44.1 Å². The highest BCUT2D eigenvalue weighted by atomic mass is 14.0. The molecule has 0 amide bonds. The summed E-state index contributed by atoms with van der Waals surface area (Å²) >= 11 is 0. The molecule has 0 radical (unpaired) electrons. The van der Waals surface area contributed by atoms with Gasteiger partial charge in [0, 0.05) is 0 Å². The van der Waals surface area contributed by atoms with E-state index in [-0.39, 0.29) is 0 Å². The van der Waals surface area contributed by atoms with E-state index in [0.29, 0.717) is 0 Å². The summed E-state index contributed by atoms with van der Waals surface area (Å²) in [5, 5.41) is 0. The van der Waals surface area contributed by atoms with Gasteiger partial charge >= 0.3 is 0 Å². The minimum absolute atomic E-state index is 1.15. The smallest absolute Gasteiger partial charge is 0.0132 e. The lowest BCUT2D eigenvalue weighted by molar-refractivity contribution is 0.628. The van der Waals surface area contributed by atoms with E-state index >= 15 is 0 Å². The van der Waals surface area contributed by atoms with Crippen LogP contribution in [0.1, 0.15) is 58.8 Å². The summed E-state index contributed by atoms with van der Waals surface area (Å²) in [5.74, 6) is 0. The molecule has 84 valence electrons. The molecule has 0 saturated heterocycles. The van der Waals surface area contributed by atoms with Crippen LogP contribution in [0.2, 0.25) is 0 Å². The quantitative estimate of drug-likeness (QED) is 0.523. The van der Waals surface area contributed by atoms with Gasteiger partial charge in [-0.25, -0.2) is 0 Å². The first-order valence-electron chi connectivity index (χ1n) is 6.36. The standard InChI is InChI=1S/C15H24/c1-3-4-5-6-7-11-15-12-9-8-10-14(2)13-15/h8-10,13H,3-7,11-12H2,1-2H3. The summed E-state index contributed by atoms with van der Waals surface area (Å²) in [6, 6.07) is 0. The molecule has 0 nitrogen and oxygen atoms in total. The van der Waals surface area contributed by atoms with Crippen molar-refractivity contribution in [1.29, 1.82) is 0 Å². The molecule has 0 aromatic rings. The van der Waals surface area contributed by atoms with Gasteiger partial charge in [0.2, 0.25) is 0 Å². The summed E-state index contributed by atoms with van der Waals surface area (Å²) in [6.45, 7) is 4.46. The molecule has 0 aromatic carbocycles. The molecule has 1 rings (SSSR count). The van der Waals surface area contributed by atoms with Crippen LogP contribution in [-0.2, 0) is 0 Å². The second-order valence-electron chi connectivity index (χ2n) is 4.51. The van der Waals surface area contributed by atoms with E-state index in [1.54, 1.807) is 5.57 Å². The molecule has 0 heterocycles. The third kappa shape index (κ3) is 5.61. The zero-order valence-electron chi connectivity index (χ0n) is 10.3. The SMILES string of the molecule is CCCCCCCC1=CC(C)=CC=CC1. The topological polar surface area (TPSA) is 0 Å². The van der Waals surface area contributed by atoms with Gasteiger partial charge < -0.3 is 0 Å². The lowest BCUT2D eigenvalue weighted by atomic mass is 10.0. The molecule has 15 heavy (non-hydrogen) atoms. The second kappa shape index (κ2) is 7.50. The van der Waals surface area contributed by atoms with Crippen molar-refractivity contribution in [3.05, 3.63) is 35.5 Å². The molecule has 0 aromatic heterocycles. The Labute approximate surface area is 94.8 Å². The van der Waals surface area contributed by atoms with Crippen LogP contribution in [0.5, 0.6) is 0 Å². The summed E-state index contributed by atoms with van der Waals surface area (Å²) in [7, 11) is 0. The van der Waals surface area contributed by atoms with Crippen molar-refractivity contribution in [3.63, 3.8) is 0 Å². The van der Waals surface area contributed by atoms with E-state index in [0.717, 1.165) is 6.42 Å². The Morgan fingerprint density at radius 1 is 1.13 bits per heavy atom. The molecule has 0 fully saturated rings. The Morgan fingerprint density at radius 3 is 2.73 bits per heavy atom. The van der Waals surface area contributed by atoms with Crippen molar-refractivity contribution in [2.24, 2.45) is 0 Å². The summed E-state index contributed by atoms with van der Waals surface area (Å²) in [4.78, 5) is 0. The molecule has 0 atom stereocenters. The molecule has 0 aliphatic heterocycles. The van der Waals surface area contributed by atoms with Crippen LogP contribution in [0.25, 0.3) is 0 Å². The van der Waals surface area contributed by atoms with Crippen molar-refractivity contribution >= 4 is 0 Å². The summed E-state index contributed by atoms with van der Waals surface area (Å²) in [6.07, 6.45) is 18.4. The first-order valence-corrected chi connectivity index (χ1v) is 6.36. The first-order chi connectivity index (χ1) is 7.33. The molecule has 0 spiro atoms. The van der Waals surface area contributed by atoms with Crippen LogP contribution >= 0.6 is 0 Å². The van der Waals surface area contributed by atoms with Crippen LogP contribution < -0.4 is 0 Å². The maximum Gasteiger partial charge on any atom is -0.0132 e. The van der Waals surface area contributed by atoms with E-state index in [2.05, 4.69) is 38.2 Å². The molecule has 0 unspecified atom stereocenters. The van der Waals surface area contributed by atoms with Crippen LogP contribution in [0, 0.1) is 0 Å². The fourth-order valence-electron chi connectivity index (χ4n) is 2.00. The third-order valence-corrected chi connectivity index (χ3v) is 2.91. The maximum absolute atomic E-state index is 2.36. The largest absolute Gasteiger partial charge is 0.0805 e. The van der Waals surface area contributed by atoms with Crippen LogP contribution in [0.15, 0.2) is 35.5 Å². The molecule has 1 aliphatic rings. The average Bonchev–Trinajstić information content (AvgIpc) is 2.43. The van der Waals surface area contributed by atoms with Gasteiger partial charge in [0.05, 0.1) is 0 Å². The minimum atomic E-state index is 1.15. The van der Waals surface area contributed by atoms with Crippen LogP contribution in [0.3, 0.4) is 0 Å². The fourth-order valence-corrected chi connectivity index (χ4v) is 2.00. The normalized spacial score (nSPS) is 15.9. The fraction of sp³-hybridized carbons (Fsp3) is 0.600. The van der Waals surface area contributed by atoms with E-state index in [1.807, 2.05) is 0 Å². The van der Waals surface area contributed by atoms with E-state index in [9.17, 15) is 0 Å². The zero-order chi connectivity index (χ0) is 10.9. The van der Waals surface area contributed by atoms with Gasteiger partial charge in [0.25, 0.3) is 0 Å². The molecular formula is C15H24. The molecule has 1 aliphatic carbocycles. The van der Waals surface area contributed by atoms with Crippen LogP contribution in [0.4, 0.5) is 0 Å². The second-order valence-corrected chi connectivity index (χ2v) is 4.51. The predicted molar refractivity (Wildman–Crippen MR) is 69.0 cm³/mol. The van der Waals surface area contributed by atoms with Gasteiger partial charge in [0.15, 0.2) is 0 Å². The Hall–Kier alpha value is -0.780. The van der Waals surface area contributed by atoms with Crippen molar-refractivity contribution in [1.82, 2.24) is 0 Å². The molecule has 0 bridgehead atoms. The lowest BCUT2D eigenvalue weighted by Crippen LogP contribution is -1.84. The number of allylic oxidation sites excluding steroid dienone is 6. The monoisotopic (exact) mass is 204 g/mol. The molecule has 0 heteroatoms. The van der Waals surface area contributed by atoms with Gasteiger partial charge in [-0.05, 0) is 26.2 Å². The maximum atomic E-state index is 2.36. The lowest BCUT2D eigenvalue weighted by Gasteiger charge is -2.04. The van der Waals surface area contributed by atoms with Gasteiger partial charge in [-0.2, -0.15) is 0 Å². The highest BCUT2D eigenvalue weighted by Crippen LogP contribution is 2.18. The van der Waals surface area contributed by atoms with Crippen molar-refractivity contribution in [2.45, 2.75) is 58.8 Å². The first kappa shape index (κ1) is 12.3. The molecular weight excluding hydrogens is 180 g/mol. The van der Waals surface area contributed by atoms with E-state index in [4.69, 9.17) is 0 Å². The van der Waals surface area contributed by atoms with Crippen LogP contribution in [-0.4, -0.2) is 0 Å². The van der Waals surface area contributed by atoms with E-state index < -0.39 is 0 Å². The third-order valence-electron chi connectivity index (χ3n) is 2.91. The Kier molecular flexibility index (Phi) is 6.15. The Morgan fingerprint density at radius 2 is 1.93 bits per heavy atom. The molecule has 0 saturated carbocycles.